The molecule has 0 saturated carbocycles. The van der Waals surface area contributed by atoms with E-state index in [0.717, 1.165) is 24.4 Å². The predicted octanol–water partition coefficient (Wildman–Crippen LogP) is 3.45. The van der Waals surface area contributed by atoms with Crippen LogP contribution in [0.25, 0.3) is 0 Å². The quantitative estimate of drug-likeness (QED) is 0.819. The molecule has 15 heavy (non-hydrogen) atoms. The molecule has 0 aliphatic carbocycles. The molecule has 0 amide bonds. The Balaban J connectivity index is 1.93. The molecule has 78 valence electrons. The van der Waals surface area contributed by atoms with Crippen molar-refractivity contribution in [1.82, 2.24) is 0 Å². The summed E-state index contributed by atoms with van der Waals surface area (Å²) in [6.45, 7) is 2.89. The van der Waals surface area contributed by atoms with Gasteiger partial charge in [-0.05, 0) is 36.2 Å². The van der Waals surface area contributed by atoms with Gasteiger partial charge in [-0.3, -0.25) is 0 Å². The summed E-state index contributed by atoms with van der Waals surface area (Å²) in [6.07, 6.45) is 2.77. The molecule has 2 rings (SSSR count). The fourth-order valence-corrected chi connectivity index (χ4v) is 1.46. The molecule has 0 unspecified atom stereocenters. The average Bonchev–Trinajstić information content (AvgIpc) is 2.80. The molecule has 0 aliphatic rings. The van der Waals surface area contributed by atoms with Gasteiger partial charge in [0.25, 0.3) is 0 Å². The van der Waals surface area contributed by atoms with Crippen LogP contribution in [0.15, 0.2) is 47.1 Å². The van der Waals surface area contributed by atoms with E-state index in [2.05, 4.69) is 36.5 Å². The number of anilines is 1. The molecular weight excluding hydrogens is 186 g/mol. The Labute approximate surface area is 89.9 Å². The van der Waals surface area contributed by atoms with E-state index in [0.29, 0.717) is 0 Å². The van der Waals surface area contributed by atoms with Crippen LogP contribution < -0.4 is 5.32 Å². The first kappa shape index (κ1) is 9.84. The molecule has 1 heterocycles. The smallest absolute Gasteiger partial charge is 0.122 e. The summed E-state index contributed by atoms with van der Waals surface area (Å²) in [5, 5.41) is 3.30. The standard InChI is InChI=1S/C13H15NO/c1-2-11-5-7-12(8-6-11)14-10-13-4-3-9-15-13/h3-9,14H,2,10H2,1H3. The highest BCUT2D eigenvalue weighted by atomic mass is 16.3. The Hall–Kier alpha value is -1.70. The second-order valence-corrected chi connectivity index (χ2v) is 3.48. The molecule has 0 fully saturated rings. The fourth-order valence-electron chi connectivity index (χ4n) is 1.46. The van der Waals surface area contributed by atoms with Gasteiger partial charge in [-0.15, -0.1) is 0 Å². The van der Waals surface area contributed by atoms with Crippen molar-refractivity contribution < 1.29 is 4.42 Å². The summed E-state index contributed by atoms with van der Waals surface area (Å²) in [5.74, 6) is 0.953. The predicted molar refractivity (Wildman–Crippen MR) is 61.9 cm³/mol. The lowest BCUT2D eigenvalue weighted by Gasteiger charge is -2.04. The van der Waals surface area contributed by atoms with E-state index >= 15 is 0 Å². The Morgan fingerprint density at radius 3 is 2.53 bits per heavy atom. The second-order valence-electron chi connectivity index (χ2n) is 3.48. The minimum atomic E-state index is 0.735. The first-order valence-electron chi connectivity index (χ1n) is 5.23. The molecule has 1 N–H and O–H groups in total. The minimum Gasteiger partial charge on any atom is -0.467 e. The lowest BCUT2D eigenvalue weighted by molar-refractivity contribution is 0.518. The van der Waals surface area contributed by atoms with Crippen LogP contribution >= 0.6 is 0 Å². The van der Waals surface area contributed by atoms with Crippen LogP contribution in [0.1, 0.15) is 18.2 Å². The van der Waals surface area contributed by atoms with E-state index in [-0.39, 0.29) is 0 Å². The molecule has 1 aromatic carbocycles. The maximum atomic E-state index is 5.24. The number of hydrogen-bond donors (Lipinski definition) is 1. The molecule has 2 aromatic rings. The molecule has 2 heteroatoms. The highest BCUT2D eigenvalue weighted by molar-refractivity contribution is 5.44. The van der Waals surface area contributed by atoms with Crippen molar-refractivity contribution in [1.29, 1.82) is 0 Å². The molecule has 2 nitrogen and oxygen atoms in total. The Morgan fingerprint density at radius 2 is 1.93 bits per heavy atom. The van der Waals surface area contributed by atoms with Gasteiger partial charge in [-0.1, -0.05) is 19.1 Å². The third kappa shape index (κ3) is 2.62. The van der Waals surface area contributed by atoms with Crippen LogP contribution in [0.4, 0.5) is 5.69 Å². The van der Waals surface area contributed by atoms with Gasteiger partial charge in [-0.25, -0.2) is 0 Å². The maximum Gasteiger partial charge on any atom is 0.122 e. The third-order valence-corrected chi connectivity index (χ3v) is 2.41. The van der Waals surface area contributed by atoms with Gasteiger partial charge in [0.15, 0.2) is 0 Å². The summed E-state index contributed by atoms with van der Waals surface area (Å²) in [5.41, 5.74) is 2.49. The fraction of sp³-hybridized carbons (Fsp3) is 0.231. The van der Waals surface area contributed by atoms with E-state index < -0.39 is 0 Å². The molecule has 0 aliphatic heterocycles. The van der Waals surface area contributed by atoms with Crippen molar-refractivity contribution in [2.24, 2.45) is 0 Å². The Morgan fingerprint density at radius 1 is 1.13 bits per heavy atom. The van der Waals surface area contributed by atoms with Crippen LogP contribution in [-0.4, -0.2) is 0 Å². The number of rotatable bonds is 4. The highest BCUT2D eigenvalue weighted by Gasteiger charge is 1.95. The zero-order valence-corrected chi connectivity index (χ0v) is 8.86. The van der Waals surface area contributed by atoms with E-state index in [1.54, 1.807) is 6.26 Å². The van der Waals surface area contributed by atoms with Crippen molar-refractivity contribution in [2.75, 3.05) is 5.32 Å². The SMILES string of the molecule is CCc1ccc(NCc2ccco2)cc1. The summed E-state index contributed by atoms with van der Waals surface area (Å²) in [4.78, 5) is 0. The van der Waals surface area contributed by atoms with E-state index in [4.69, 9.17) is 4.42 Å². The van der Waals surface area contributed by atoms with E-state index in [1.165, 1.54) is 5.56 Å². The zero-order chi connectivity index (χ0) is 10.5. The molecule has 0 spiro atoms. The topological polar surface area (TPSA) is 25.2 Å². The molecule has 0 bridgehead atoms. The molecular formula is C13H15NO. The lowest BCUT2D eigenvalue weighted by atomic mass is 10.1. The van der Waals surface area contributed by atoms with Crippen molar-refractivity contribution in [3.8, 4) is 0 Å². The van der Waals surface area contributed by atoms with Gasteiger partial charge in [0.1, 0.15) is 5.76 Å². The van der Waals surface area contributed by atoms with Gasteiger partial charge >= 0.3 is 0 Å². The Kier molecular flexibility index (Phi) is 3.08. The van der Waals surface area contributed by atoms with Gasteiger partial charge < -0.3 is 9.73 Å². The summed E-state index contributed by atoms with van der Waals surface area (Å²) >= 11 is 0. The van der Waals surface area contributed by atoms with Crippen LogP contribution in [0.3, 0.4) is 0 Å². The van der Waals surface area contributed by atoms with Gasteiger partial charge in [0, 0.05) is 5.69 Å². The number of hydrogen-bond acceptors (Lipinski definition) is 2. The lowest BCUT2D eigenvalue weighted by Crippen LogP contribution is -1.97. The monoisotopic (exact) mass is 201 g/mol. The summed E-state index contributed by atoms with van der Waals surface area (Å²) < 4.78 is 5.24. The highest BCUT2D eigenvalue weighted by Crippen LogP contribution is 2.11. The van der Waals surface area contributed by atoms with Gasteiger partial charge in [-0.2, -0.15) is 0 Å². The molecule has 1 aromatic heterocycles. The normalized spacial score (nSPS) is 10.2. The van der Waals surface area contributed by atoms with Gasteiger partial charge in [0.05, 0.1) is 12.8 Å². The molecule has 0 radical (unpaired) electrons. The minimum absolute atomic E-state index is 0.735. The first-order chi connectivity index (χ1) is 7.38. The van der Waals surface area contributed by atoms with E-state index in [1.807, 2.05) is 12.1 Å². The summed E-state index contributed by atoms with van der Waals surface area (Å²) in [7, 11) is 0. The van der Waals surface area contributed by atoms with Crippen LogP contribution in [0, 0.1) is 0 Å². The molecule has 0 atom stereocenters. The van der Waals surface area contributed by atoms with Crippen molar-refractivity contribution in [3.05, 3.63) is 54.0 Å². The number of benzene rings is 1. The maximum absolute atomic E-state index is 5.24. The van der Waals surface area contributed by atoms with Crippen LogP contribution in [0.2, 0.25) is 0 Å². The van der Waals surface area contributed by atoms with E-state index in [9.17, 15) is 0 Å². The van der Waals surface area contributed by atoms with Gasteiger partial charge in [0.2, 0.25) is 0 Å². The number of nitrogens with one attached hydrogen (secondary N) is 1. The summed E-state index contributed by atoms with van der Waals surface area (Å²) in [6, 6.07) is 12.4. The van der Waals surface area contributed by atoms with Crippen LogP contribution in [-0.2, 0) is 13.0 Å². The first-order valence-corrected chi connectivity index (χ1v) is 5.23. The number of aryl methyl sites for hydroxylation is 1. The molecule has 0 saturated heterocycles. The number of furan rings is 1. The van der Waals surface area contributed by atoms with Crippen molar-refractivity contribution in [2.45, 2.75) is 19.9 Å². The largest absolute Gasteiger partial charge is 0.467 e. The van der Waals surface area contributed by atoms with Crippen molar-refractivity contribution >= 4 is 5.69 Å². The van der Waals surface area contributed by atoms with Crippen molar-refractivity contribution in [3.63, 3.8) is 0 Å². The second kappa shape index (κ2) is 4.69. The zero-order valence-electron chi connectivity index (χ0n) is 8.86. The van der Waals surface area contributed by atoms with Crippen LogP contribution in [0.5, 0.6) is 0 Å². The third-order valence-electron chi connectivity index (χ3n) is 2.41. The average molecular weight is 201 g/mol. The Bertz CT molecular complexity index is 389.